The number of hydrogen-bond acceptors (Lipinski definition) is 41. The van der Waals surface area contributed by atoms with Crippen LogP contribution in [0.25, 0.3) is 0 Å². The van der Waals surface area contributed by atoms with E-state index in [0.29, 0.717) is 0 Å². The second-order valence-corrected chi connectivity index (χ2v) is 25.4. The van der Waals surface area contributed by atoms with E-state index in [0.717, 1.165) is 27.7 Å². The number of carbonyl (C=O) groups is 4. The molecule has 0 saturated carbocycles. The molecule has 0 aromatic heterocycles. The van der Waals surface area contributed by atoms with Crippen LogP contribution in [0.4, 0.5) is 0 Å². The Balaban J connectivity index is 0.990. The molecule has 0 aromatic carbocycles. The van der Waals surface area contributed by atoms with E-state index < -0.39 is 322 Å². The van der Waals surface area contributed by atoms with Gasteiger partial charge in [-0.15, -0.1) is 0 Å². The fraction of sp³-hybridized carbons (Fsp3) is 0.929. The molecule has 40 atom stereocenters. The van der Waals surface area contributed by atoms with Crippen LogP contribution < -0.4 is 21.3 Å². The minimum absolute atomic E-state index is 0.869. The van der Waals surface area contributed by atoms with Crippen LogP contribution in [-0.2, 0) is 90.2 Å². The van der Waals surface area contributed by atoms with Gasteiger partial charge < -0.3 is 205 Å². The molecule has 101 heavy (non-hydrogen) atoms. The van der Waals surface area contributed by atoms with E-state index in [4.69, 9.17) is 71.1 Å². The van der Waals surface area contributed by atoms with Gasteiger partial charge in [-0.25, -0.2) is 0 Å². The molecule has 0 spiro atoms. The van der Waals surface area contributed by atoms with Gasteiger partial charge in [0.05, 0.1) is 52.9 Å². The van der Waals surface area contributed by atoms with Crippen molar-refractivity contribution in [1.82, 2.24) is 21.3 Å². The summed E-state index contributed by atoms with van der Waals surface area (Å²) in [6, 6.07) is -7.18. The van der Waals surface area contributed by atoms with E-state index in [1.54, 1.807) is 0 Å². The van der Waals surface area contributed by atoms with E-state index in [2.05, 4.69) is 21.3 Å². The minimum atomic E-state index is -2.32. The molecule has 584 valence electrons. The highest BCUT2D eigenvalue weighted by molar-refractivity contribution is 5.74. The molecule has 8 rings (SSSR count). The highest BCUT2D eigenvalue weighted by atomic mass is 16.8. The third-order valence-electron chi connectivity index (χ3n) is 18.2. The van der Waals surface area contributed by atoms with Gasteiger partial charge in [0, 0.05) is 27.7 Å². The lowest BCUT2D eigenvalue weighted by molar-refractivity contribution is -0.379. The van der Waals surface area contributed by atoms with Gasteiger partial charge in [-0.05, 0) is 0 Å². The van der Waals surface area contributed by atoms with Gasteiger partial charge >= 0.3 is 0 Å². The van der Waals surface area contributed by atoms with Crippen LogP contribution in [0.5, 0.6) is 0 Å². The van der Waals surface area contributed by atoms with Crippen molar-refractivity contribution in [2.24, 2.45) is 0 Å². The SMILES string of the molecule is CC(=O)N[C@@H]1[C@@H](O[C@@H]2O[C@H](CO)[C@H](O)[C@H](O[C@@H]3O[C@H](CO)[C@@H](O)[C@H](O[C@@H]4O[C@H](CO)[C@H](O)[C@H](O)[C@H]4O)[C@H]3NC(C)=O)[C@H]2O)[C@@H](O)[C@@H](CO[C@@H]2O[C@H](CO)[C@@H](O[C@@H]3O[C@H](CO)[C@H](O)[C@H](O[C@@H]4O[C@H](CO)[C@@H](O)[C@H](O[C@@H]5O[C@H](CO)[C@H](O)[C@H](O)[C@H]5O)[C@H]4NC(C)=O)[C@H]3O)[C@H](O)[C@H]2NC(C)=O)O[C@H]1O. The summed E-state index contributed by atoms with van der Waals surface area (Å²) in [7, 11) is 0. The Bertz CT molecular complexity index is 2640. The van der Waals surface area contributed by atoms with Gasteiger partial charge in [0.15, 0.2) is 50.3 Å². The Morgan fingerprint density at radius 2 is 0.525 bits per heavy atom. The van der Waals surface area contributed by atoms with Crippen molar-refractivity contribution >= 4 is 23.6 Å². The molecule has 8 aliphatic rings. The molecule has 8 saturated heterocycles. The molecule has 4 amide bonds. The Hall–Kier alpha value is -3.60. The number of ether oxygens (including phenoxy) is 15. The third kappa shape index (κ3) is 18.5. The first-order valence-corrected chi connectivity index (χ1v) is 32.1. The molecule has 45 heteroatoms. The number of carbonyl (C=O) groups excluding carboxylic acids is 4. The fourth-order valence-corrected chi connectivity index (χ4v) is 13.0. The summed E-state index contributed by atoms with van der Waals surface area (Å²) < 4.78 is 87.3. The Morgan fingerprint density at radius 3 is 0.881 bits per heavy atom. The molecule has 26 N–H and O–H groups in total. The average molecular weight is 1480 g/mol. The van der Waals surface area contributed by atoms with Gasteiger partial charge in [-0.3, -0.25) is 19.2 Å². The first-order chi connectivity index (χ1) is 47.8. The van der Waals surface area contributed by atoms with Crippen LogP contribution in [0.15, 0.2) is 0 Å². The summed E-state index contributed by atoms with van der Waals surface area (Å²) in [5, 5.41) is 250. The van der Waals surface area contributed by atoms with Gasteiger partial charge in [0.2, 0.25) is 23.6 Å². The second kappa shape index (κ2) is 36.3. The maximum absolute atomic E-state index is 12.8. The van der Waals surface area contributed by atoms with Crippen molar-refractivity contribution in [3.63, 3.8) is 0 Å². The Kier molecular flexibility index (Phi) is 29.9. The molecule has 0 radical (unpaired) electrons. The van der Waals surface area contributed by atoms with Crippen molar-refractivity contribution in [3.8, 4) is 0 Å². The number of hydrogen-bond donors (Lipinski definition) is 26. The third-order valence-corrected chi connectivity index (χ3v) is 18.2. The molecule has 8 fully saturated rings. The zero-order chi connectivity index (χ0) is 74.5. The fourth-order valence-electron chi connectivity index (χ4n) is 13.0. The van der Waals surface area contributed by atoms with Crippen LogP contribution in [-0.4, -0.2) is 434 Å². The predicted octanol–water partition coefficient (Wildman–Crippen LogP) is -17.9. The molecular formula is C56H94N4O41. The van der Waals surface area contributed by atoms with Crippen molar-refractivity contribution in [3.05, 3.63) is 0 Å². The molecule has 8 heterocycles. The zero-order valence-corrected chi connectivity index (χ0v) is 54.3. The summed E-state index contributed by atoms with van der Waals surface area (Å²) in [5.74, 6) is -3.51. The van der Waals surface area contributed by atoms with Crippen LogP contribution in [0.2, 0.25) is 0 Å². The van der Waals surface area contributed by atoms with E-state index >= 15 is 0 Å². The lowest BCUT2D eigenvalue weighted by Crippen LogP contribution is -2.71. The monoisotopic (exact) mass is 1480 g/mol. The highest BCUT2D eigenvalue weighted by Crippen LogP contribution is 2.39. The first kappa shape index (κ1) is 83.0. The molecule has 0 aliphatic carbocycles. The van der Waals surface area contributed by atoms with E-state index in [-0.39, 0.29) is 0 Å². The van der Waals surface area contributed by atoms with Gasteiger partial charge in [0.25, 0.3) is 0 Å². The number of nitrogens with one attached hydrogen (secondary N) is 4. The highest BCUT2D eigenvalue weighted by Gasteiger charge is 2.60. The molecule has 0 aromatic rings. The summed E-state index contributed by atoms with van der Waals surface area (Å²) in [5.41, 5.74) is 0. The lowest BCUT2D eigenvalue weighted by Gasteiger charge is -2.50. The molecule has 8 aliphatic heterocycles. The lowest BCUT2D eigenvalue weighted by atomic mass is 9.93. The van der Waals surface area contributed by atoms with Crippen LogP contribution in [0, 0.1) is 0 Å². The van der Waals surface area contributed by atoms with Crippen molar-refractivity contribution in [2.75, 3.05) is 52.9 Å². The minimum Gasteiger partial charge on any atom is -0.394 e. The average Bonchev–Trinajstić information content (AvgIpc) is 0.775. The Morgan fingerprint density at radius 1 is 0.257 bits per heavy atom. The molecule has 0 bridgehead atoms. The summed E-state index contributed by atoms with van der Waals surface area (Å²) in [4.78, 5) is 50.9. The second-order valence-electron chi connectivity index (χ2n) is 25.4. The van der Waals surface area contributed by atoms with Crippen LogP contribution in [0.3, 0.4) is 0 Å². The number of amides is 4. The van der Waals surface area contributed by atoms with Gasteiger partial charge in [-0.2, -0.15) is 0 Å². The number of rotatable bonds is 26. The normalized spacial score (nSPS) is 48.3. The van der Waals surface area contributed by atoms with Crippen molar-refractivity contribution in [1.29, 1.82) is 0 Å². The molecular weight excluding hydrogens is 1380 g/mol. The van der Waals surface area contributed by atoms with E-state index in [9.17, 15) is 132 Å². The van der Waals surface area contributed by atoms with Crippen molar-refractivity contribution < 1.29 is 203 Å². The van der Waals surface area contributed by atoms with Gasteiger partial charge in [-0.1, -0.05) is 0 Å². The maximum Gasteiger partial charge on any atom is 0.217 e. The van der Waals surface area contributed by atoms with E-state index in [1.165, 1.54) is 0 Å². The van der Waals surface area contributed by atoms with Crippen LogP contribution in [0.1, 0.15) is 27.7 Å². The molecule has 0 unspecified atom stereocenters. The summed E-state index contributed by atoms with van der Waals surface area (Å²) in [6.45, 7) is -4.17. The van der Waals surface area contributed by atoms with Crippen molar-refractivity contribution in [2.45, 2.75) is 273 Å². The maximum atomic E-state index is 12.8. The smallest absolute Gasteiger partial charge is 0.217 e. The number of aliphatic hydroxyl groups is 22. The quantitative estimate of drug-likeness (QED) is 0.0382. The summed E-state index contributed by atoms with van der Waals surface area (Å²) in [6.07, 6.45) is -70.9. The van der Waals surface area contributed by atoms with Crippen LogP contribution >= 0.6 is 0 Å². The first-order valence-electron chi connectivity index (χ1n) is 32.1. The zero-order valence-electron chi connectivity index (χ0n) is 54.3. The standard InChI is InChI=1S/C56H94N4O41/c1-13(68)57-25-36(79)43(96-55-41(84)47(33(76)21(9-65)93-55)100-51-27(59-15(3)70)45(31(74)19(7-63)89-51)98-53-39(82)37(80)29(72)17(5-61)91-53)23(11-67)95-50(25)87-12-24-35(78)44(26(49(86)88-24)58-14(2)69)97-56-42(85)48(34(77)22(10-66)94-56)101-52-28(60-16(4)71)46(32(75)20(8-64)90-52)99-54-40(83)38(81)30(73)18(6-62)92-54/h17-56,61-67,72-86H,5-12H2,1-4H3,(H,57,68)(H,58,69)(H,59,70)(H,60,71)/t17-,18-,19-,20-,21-,22-,23-,24-,25-,26-,27-,28-,29+,30+,31-,32-,33+,34+,35+,36-,37+,38+,39-,40-,41-,42-,43-,44-,45-,46-,47+,48+,49-,50-,51+,52+,53+,54+,55+,56+/m1/s1. The molecule has 45 nitrogen and oxygen atoms in total. The largest absolute Gasteiger partial charge is 0.394 e. The van der Waals surface area contributed by atoms with Gasteiger partial charge in [0.1, 0.15) is 195 Å². The predicted molar refractivity (Wildman–Crippen MR) is 311 cm³/mol. The Labute approximate surface area is 572 Å². The topological polar surface area (TPSA) is 700 Å². The van der Waals surface area contributed by atoms with E-state index in [1.807, 2.05) is 0 Å². The summed E-state index contributed by atoms with van der Waals surface area (Å²) >= 11 is 0. The number of aliphatic hydroxyl groups excluding tert-OH is 22.